The van der Waals surface area contributed by atoms with Gasteiger partial charge in [-0.1, -0.05) is 0 Å². The quantitative estimate of drug-likeness (QED) is 0.613. The lowest BCUT2D eigenvalue weighted by atomic mass is 10.1. The Labute approximate surface area is 110 Å². The van der Waals surface area contributed by atoms with Crippen LogP contribution in [-0.4, -0.2) is 45.7 Å². The Bertz CT molecular complexity index is 517. The van der Waals surface area contributed by atoms with Gasteiger partial charge < -0.3 is 15.3 Å². The standard InChI is InChI=1S/C11H17N5O3/c1-7-8(16(18)19)9(14-10(12-3)13-7)15-5-4-11(2,17)6-15/h17H,4-6H2,1-3H3,(H,12,13,14). The van der Waals surface area contributed by atoms with E-state index in [-0.39, 0.29) is 11.5 Å². The SMILES string of the molecule is CNc1nc(C)c([N+](=O)[O-])c(N2CCC(C)(O)C2)n1. The number of aromatic nitrogens is 2. The minimum absolute atomic E-state index is 0.100. The molecule has 0 saturated carbocycles. The average molecular weight is 267 g/mol. The Hall–Kier alpha value is -1.96. The summed E-state index contributed by atoms with van der Waals surface area (Å²) in [5.74, 6) is 0.601. The summed E-state index contributed by atoms with van der Waals surface area (Å²) in [4.78, 5) is 20.6. The molecule has 0 radical (unpaired) electrons. The number of aryl methyl sites for hydroxylation is 1. The van der Waals surface area contributed by atoms with Crippen molar-refractivity contribution in [2.45, 2.75) is 25.9 Å². The van der Waals surface area contributed by atoms with Gasteiger partial charge in [-0.3, -0.25) is 10.1 Å². The first-order valence-electron chi connectivity index (χ1n) is 6.02. The molecule has 0 spiro atoms. The van der Waals surface area contributed by atoms with Gasteiger partial charge in [0.2, 0.25) is 11.8 Å². The molecule has 2 heterocycles. The maximum absolute atomic E-state index is 11.2. The number of β-amino-alcohol motifs (C(OH)–C–C–N with tert-alkyl or cyclic N) is 1. The summed E-state index contributed by atoms with van der Waals surface area (Å²) < 4.78 is 0. The molecule has 0 bridgehead atoms. The van der Waals surface area contributed by atoms with Gasteiger partial charge in [-0.25, -0.2) is 4.98 Å². The molecule has 19 heavy (non-hydrogen) atoms. The molecule has 2 N–H and O–H groups in total. The molecule has 1 saturated heterocycles. The highest BCUT2D eigenvalue weighted by molar-refractivity contribution is 5.63. The maximum Gasteiger partial charge on any atom is 0.332 e. The zero-order chi connectivity index (χ0) is 14.2. The number of hydrogen-bond acceptors (Lipinski definition) is 7. The van der Waals surface area contributed by atoms with E-state index in [1.54, 1.807) is 25.8 Å². The number of nitrogens with zero attached hydrogens (tertiary/aromatic N) is 4. The third-order valence-electron chi connectivity index (χ3n) is 3.20. The molecule has 1 aliphatic rings. The van der Waals surface area contributed by atoms with Crippen LogP contribution in [0.25, 0.3) is 0 Å². The van der Waals surface area contributed by atoms with Crippen LogP contribution < -0.4 is 10.2 Å². The Balaban J connectivity index is 2.48. The third kappa shape index (κ3) is 2.58. The second-order valence-electron chi connectivity index (χ2n) is 4.98. The Morgan fingerprint density at radius 3 is 2.68 bits per heavy atom. The monoisotopic (exact) mass is 267 g/mol. The normalized spacial score (nSPS) is 22.6. The van der Waals surface area contributed by atoms with Gasteiger partial charge in [-0.05, 0) is 20.3 Å². The fraction of sp³-hybridized carbons (Fsp3) is 0.636. The molecular weight excluding hydrogens is 250 g/mol. The van der Waals surface area contributed by atoms with E-state index in [0.29, 0.717) is 31.2 Å². The lowest BCUT2D eigenvalue weighted by Crippen LogP contribution is -2.30. The van der Waals surface area contributed by atoms with Crippen LogP contribution >= 0.6 is 0 Å². The molecule has 0 aromatic carbocycles. The molecule has 1 aromatic rings. The predicted molar refractivity (Wildman–Crippen MR) is 70.4 cm³/mol. The molecular formula is C11H17N5O3. The topological polar surface area (TPSA) is 104 Å². The van der Waals surface area contributed by atoms with E-state index in [4.69, 9.17) is 0 Å². The number of hydrogen-bond donors (Lipinski definition) is 2. The van der Waals surface area contributed by atoms with Crippen molar-refractivity contribution in [1.29, 1.82) is 0 Å². The number of nitrogens with one attached hydrogen (secondary N) is 1. The van der Waals surface area contributed by atoms with Gasteiger partial charge in [0.15, 0.2) is 0 Å². The van der Waals surface area contributed by atoms with Crippen LogP contribution in [0, 0.1) is 17.0 Å². The van der Waals surface area contributed by atoms with E-state index >= 15 is 0 Å². The predicted octanol–water partition coefficient (Wildman–Crippen LogP) is 0.696. The summed E-state index contributed by atoms with van der Waals surface area (Å²) in [7, 11) is 1.66. The fourth-order valence-corrected chi connectivity index (χ4v) is 2.22. The summed E-state index contributed by atoms with van der Waals surface area (Å²) in [6, 6.07) is 0. The number of nitro groups is 1. The zero-order valence-corrected chi connectivity index (χ0v) is 11.2. The second kappa shape index (κ2) is 4.61. The molecule has 1 aromatic heterocycles. The fourth-order valence-electron chi connectivity index (χ4n) is 2.22. The Morgan fingerprint density at radius 2 is 2.21 bits per heavy atom. The van der Waals surface area contributed by atoms with Crippen LogP contribution in [0.15, 0.2) is 0 Å². The van der Waals surface area contributed by atoms with Crippen molar-refractivity contribution in [2.24, 2.45) is 0 Å². The highest BCUT2D eigenvalue weighted by atomic mass is 16.6. The molecule has 8 nitrogen and oxygen atoms in total. The van der Waals surface area contributed by atoms with Crippen molar-refractivity contribution in [3.8, 4) is 0 Å². The highest BCUT2D eigenvalue weighted by Crippen LogP contribution is 2.34. The van der Waals surface area contributed by atoms with Crippen LogP contribution in [0.1, 0.15) is 19.0 Å². The number of anilines is 2. The van der Waals surface area contributed by atoms with Crippen molar-refractivity contribution in [2.75, 3.05) is 30.4 Å². The minimum atomic E-state index is -0.841. The Kier molecular flexibility index (Phi) is 3.27. The lowest BCUT2D eigenvalue weighted by Gasteiger charge is -2.20. The van der Waals surface area contributed by atoms with Crippen LogP contribution in [0.5, 0.6) is 0 Å². The molecule has 0 amide bonds. The first-order valence-corrected chi connectivity index (χ1v) is 6.02. The first-order chi connectivity index (χ1) is 8.84. The van der Waals surface area contributed by atoms with Crippen LogP contribution in [0.4, 0.5) is 17.5 Å². The van der Waals surface area contributed by atoms with Crippen molar-refractivity contribution in [3.05, 3.63) is 15.8 Å². The van der Waals surface area contributed by atoms with Gasteiger partial charge in [0.25, 0.3) is 0 Å². The van der Waals surface area contributed by atoms with Gasteiger partial charge in [0.05, 0.1) is 10.5 Å². The van der Waals surface area contributed by atoms with Crippen molar-refractivity contribution in [3.63, 3.8) is 0 Å². The summed E-state index contributed by atoms with van der Waals surface area (Å²) >= 11 is 0. The van der Waals surface area contributed by atoms with E-state index in [1.807, 2.05) is 0 Å². The van der Waals surface area contributed by atoms with Crippen LogP contribution in [0.2, 0.25) is 0 Å². The molecule has 1 atom stereocenters. The van der Waals surface area contributed by atoms with Crippen molar-refractivity contribution >= 4 is 17.5 Å². The molecule has 1 aliphatic heterocycles. The molecule has 1 unspecified atom stereocenters. The van der Waals surface area contributed by atoms with E-state index in [1.165, 1.54) is 0 Å². The zero-order valence-electron chi connectivity index (χ0n) is 11.2. The van der Waals surface area contributed by atoms with Crippen molar-refractivity contribution < 1.29 is 10.0 Å². The first kappa shape index (κ1) is 13.5. The average Bonchev–Trinajstić information content (AvgIpc) is 2.67. The summed E-state index contributed by atoms with van der Waals surface area (Å²) in [5.41, 5.74) is -0.630. The van der Waals surface area contributed by atoms with Gasteiger partial charge in [-0.2, -0.15) is 4.98 Å². The molecule has 8 heteroatoms. The highest BCUT2D eigenvalue weighted by Gasteiger charge is 2.36. The molecule has 1 fully saturated rings. The van der Waals surface area contributed by atoms with Gasteiger partial charge in [0, 0.05) is 20.1 Å². The molecule has 0 aliphatic carbocycles. The minimum Gasteiger partial charge on any atom is -0.388 e. The maximum atomic E-state index is 11.2. The summed E-state index contributed by atoms with van der Waals surface area (Å²) in [5, 5.41) is 23.9. The van der Waals surface area contributed by atoms with E-state index in [2.05, 4.69) is 15.3 Å². The van der Waals surface area contributed by atoms with E-state index in [0.717, 1.165) is 0 Å². The molecule has 2 rings (SSSR count). The van der Waals surface area contributed by atoms with Crippen LogP contribution in [0.3, 0.4) is 0 Å². The Morgan fingerprint density at radius 1 is 1.53 bits per heavy atom. The molecule has 104 valence electrons. The summed E-state index contributed by atoms with van der Waals surface area (Å²) in [6.07, 6.45) is 0.558. The smallest absolute Gasteiger partial charge is 0.332 e. The van der Waals surface area contributed by atoms with Gasteiger partial charge in [-0.15, -0.1) is 0 Å². The lowest BCUT2D eigenvalue weighted by molar-refractivity contribution is -0.385. The second-order valence-corrected chi connectivity index (χ2v) is 4.98. The van der Waals surface area contributed by atoms with Crippen molar-refractivity contribution in [1.82, 2.24) is 9.97 Å². The summed E-state index contributed by atoms with van der Waals surface area (Å²) in [6.45, 7) is 4.16. The third-order valence-corrected chi connectivity index (χ3v) is 3.20. The number of rotatable bonds is 3. The van der Waals surface area contributed by atoms with Crippen LogP contribution in [-0.2, 0) is 0 Å². The van der Waals surface area contributed by atoms with Gasteiger partial charge in [0.1, 0.15) is 5.69 Å². The largest absolute Gasteiger partial charge is 0.388 e. The van der Waals surface area contributed by atoms with E-state index < -0.39 is 10.5 Å². The van der Waals surface area contributed by atoms with Gasteiger partial charge >= 0.3 is 5.69 Å². The van der Waals surface area contributed by atoms with E-state index in [9.17, 15) is 15.2 Å². The number of aliphatic hydroxyl groups is 1.